The van der Waals surface area contributed by atoms with E-state index in [2.05, 4.69) is 0 Å². The highest BCUT2D eigenvalue weighted by Crippen LogP contribution is 2.17. The second kappa shape index (κ2) is 3.56. The molecule has 68 valence electrons. The summed E-state index contributed by atoms with van der Waals surface area (Å²) in [5.41, 5.74) is 0.396. The first-order chi connectivity index (χ1) is 6.05. The second-order valence-corrected chi connectivity index (χ2v) is 4.16. The van der Waals surface area contributed by atoms with E-state index in [1.54, 1.807) is 36.4 Å². The minimum Gasteiger partial charge on any atom is -0.227 e. The molecule has 0 radical (unpaired) electrons. The van der Waals surface area contributed by atoms with Gasteiger partial charge in [0.05, 0.1) is 6.07 Å². The van der Waals surface area contributed by atoms with Gasteiger partial charge >= 0.3 is 0 Å². The third kappa shape index (κ3) is 2.28. The van der Waals surface area contributed by atoms with E-state index >= 15 is 0 Å². The number of primary sulfonamides is 1. The number of sulfonamides is 1. The fraction of sp³-hybridized carbons (Fsp3) is 0.125. The van der Waals surface area contributed by atoms with E-state index in [9.17, 15) is 8.42 Å². The maximum Gasteiger partial charge on any atom is 0.229 e. The predicted molar refractivity (Wildman–Crippen MR) is 47.9 cm³/mol. The first-order valence-electron chi connectivity index (χ1n) is 3.52. The molecule has 0 bridgehead atoms. The van der Waals surface area contributed by atoms with Crippen LogP contribution in [0.25, 0.3) is 0 Å². The quantitative estimate of drug-likeness (QED) is 0.749. The monoisotopic (exact) mass is 196 g/mol. The van der Waals surface area contributed by atoms with Gasteiger partial charge in [0.1, 0.15) is 0 Å². The van der Waals surface area contributed by atoms with Crippen molar-refractivity contribution < 1.29 is 8.42 Å². The van der Waals surface area contributed by atoms with E-state index in [1.807, 2.05) is 0 Å². The maximum absolute atomic E-state index is 10.9. The fourth-order valence-electron chi connectivity index (χ4n) is 0.966. The third-order valence-electron chi connectivity index (χ3n) is 1.55. The molecular formula is C8H8N2O2S. The van der Waals surface area contributed by atoms with Crippen LogP contribution in [0.4, 0.5) is 0 Å². The second-order valence-electron chi connectivity index (χ2n) is 2.51. The Hall–Kier alpha value is -1.38. The molecule has 1 aromatic carbocycles. The van der Waals surface area contributed by atoms with E-state index in [-0.39, 0.29) is 0 Å². The maximum atomic E-state index is 10.9. The number of rotatable bonds is 2. The van der Waals surface area contributed by atoms with Gasteiger partial charge in [-0.25, -0.2) is 13.6 Å². The molecule has 1 unspecified atom stereocenters. The molecule has 1 atom stereocenters. The van der Waals surface area contributed by atoms with Crippen molar-refractivity contribution in [2.45, 2.75) is 5.25 Å². The topological polar surface area (TPSA) is 83.9 Å². The summed E-state index contributed by atoms with van der Waals surface area (Å²) >= 11 is 0. The van der Waals surface area contributed by atoms with Gasteiger partial charge < -0.3 is 0 Å². The van der Waals surface area contributed by atoms with Crippen molar-refractivity contribution in [2.24, 2.45) is 5.14 Å². The van der Waals surface area contributed by atoms with Crippen LogP contribution in [0.1, 0.15) is 10.8 Å². The minimum atomic E-state index is -3.83. The van der Waals surface area contributed by atoms with Gasteiger partial charge in [-0.2, -0.15) is 5.26 Å². The fourth-order valence-corrected chi connectivity index (χ4v) is 1.65. The number of hydrogen-bond acceptors (Lipinski definition) is 3. The third-order valence-corrected chi connectivity index (χ3v) is 2.58. The van der Waals surface area contributed by atoms with Gasteiger partial charge in [0.15, 0.2) is 5.25 Å². The smallest absolute Gasteiger partial charge is 0.227 e. The number of benzene rings is 1. The number of nitriles is 1. The molecule has 0 amide bonds. The molecule has 0 aromatic heterocycles. The molecule has 4 nitrogen and oxygen atoms in total. The van der Waals surface area contributed by atoms with Crippen LogP contribution in [-0.2, 0) is 10.0 Å². The molecule has 0 saturated heterocycles. The van der Waals surface area contributed by atoms with Crippen molar-refractivity contribution in [3.63, 3.8) is 0 Å². The van der Waals surface area contributed by atoms with E-state index in [1.165, 1.54) is 0 Å². The number of nitrogens with zero attached hydrogens (tertiary/aromatic N) is 1. The lowest BCUT2D eigenvalue weighted by Crippen LogP contribution is -2.20. The van der Waals surface area contributed by atoms with E-state index < -0.39 is 15.3 Å². The number of nitrogens with two attached hydrogens (primary N) is 1. The van der Waals surface area contributed by atoms with Crippen molar-refractivity contribution in [1.82, 2.24) is 0 Å². The lowest BCUT2D eigenvalue weighted by Gasteiger charge is -2.05. The molecule has 0 aliphatic rings. The van der Waals surface area contributed by atoms with Gasteiger partial charge in [0.2, 0.25) is 10.0 Å². The van der Waals surface area contributed by atoms with Crippen LogP contribution in [0.5, 0.6) is 0 Å². The molecule has 0 fully saturated rings. The van der Waals surface area contributed by atoms with Crippen molar-refractivity contribution in [1.29, 1.82) is 5.26 Å². The summed E-state index contributed by atoms with van der Waals surface area (Å²) in [5, 5.41) is 12.2. The highest BCUT2D eigenvalue weighted by Gasteiger charge is 2.22. The van der Waals surface area contributed by atoms with Crippen LogP contribution < -0.4 is 5.14 Å². The van der Waals surface area contributed by atoms with Crippen molar-refractivity contribution >= 4 is 10.0 Å². The van der Waals surface area contributed by atoms with Crippen LogP contribution >= 0.6 is 0 Å². The van der Waals surface area contributed by atoms with Crippen LogP contribution in [0.3, 0.4) is 0 Å². The van der Waals surface area contributed by atoms with Crippen LogP contribution in [0, 0.1) is 11.3 Å². The number of hydrogen-bond donors (Lipinski definition) is 1. The van der Waals surface area contributed by atoms with E-state index in [4.69, 9.17) is 10.4 Å². The Balaban J connectivity index is 3.16. The van der Waals surface area contributed by atoms with Gasteiger partial charge in [0.25, 0.3) is 0 Å². The molecule has 2 N–H and O–H groups in total. The Labute approximate surface area is 76.7 Å². The van der Waals surface area contributed by atoms with Crippen molar-refractivity contribution in [3.8, 4) is 6.07 Å². The minimum absolute atomic E-state index is 0.396. The SMILES string of the molecule is N#CC(c1ccccc1)S(N)(=O)=O. The van der Waals surface area contributed by atoms with Gasteiger partial charge in [-0.3, -0.25) is 0 Å². The Morgan fingerprint density at radius 3 is 2.23 bits per heavy atom. The van der Waals surface area contributed by atoms with Crippen molar-refractivity contribution in [3.05, 3.63) is 35.9 Å². The van der Waals surface area contributed by atoms with Gasteiger partial charge in [-0.05, 0) is 5.56 Å². The predicted octanol–water partition coefficient (Wildman–Crippen LogP) is 0.540. The molecule has 0 heterocycles. The Kier molecular flexibility index (Phi) is 2.66. The van der Waals surface area contributed by atoms with Crippen molar-refractivity contribution in [2.75, 3.05) is 0 Å². The molecule has 0 aliphatic carbocycles. The lowest BCUT2D eigenvalue weighted by molar-refractivity contribution is 0.593. The summed E-state index contributed by atoms with van der Waals surface area (Å²) in [6, 6.07) is 9.81. The average molecular weight is 196 g/mol. The summed E-state index contributed by atoms with van der Waals surface area (Å²) in [6.07, 6.45) is 0. The zero-order chi connectivity index (χ0) is 9.90. The summed E-state index contributed by atoms with van der Waals surface area (Å²) in [4.78, 5) is 0. The van der Waals surface area contributed by atoms with Gasteiger partial charge in [0, 0.05) is 0 Å². The van der Waals surface area contributed by atoms with Gasteiger partial charge in [-0.15, -0.1) is 0 Å². The summed E-state index contributed by atoms with van der Waals surface area (Å²) in [5.74, 6) is 0. The zero-order valence-corrected chi connectivity index (χ0v) is 7.53. The molecule has 0 spiro atoms. The summed E-state index contributed by atoms with van der Waals surface area (Å²) in [7, 11) is -3.83. The molecule has 5 heteroatoms. The first kappa shape index (κ1) is 9.71. The highest BCUT2D eigenvalue weighted by molar-refractivity contribution is 7.89. The zero-order valence-electron chi connectivity index (χ0n) is 6.71. The Morgan fingerprint density at radius 1 is 1.31 bits per heavy atom. The molecule has 1 aromatic rings. The molecule has 0 saturated carbocycles. The normalized spacial score (nSPS) is 13.2. The first-order valence-corrected chi connectivity index (χ1v) is 5.13. The molecule has 1 rings (SSSR count). The Morgan fingerprint density at radius 2 is 1.85 bits per heavy atom. The average Bonchev–Trinajstić information content (AvgIpc) is 2.05. The standard InChI is InChI=1S/C8H8N2O2S/c9-6-8(13(10,11)12)7-4-2-1-3-5-7/h1-5,8H,(H2,10,11,12). The summed E-state index contributed by atoms with van der Waals surface area (Å²) < 4.78 is 21.8. The molecular weight excluding hydrogens is 188 g/mol. The lowest BCUT2D eigenvalue weighted by atomic mass is 10.2. The van der Waals surface area contributed by atoms with Gasteiger partial charge in [-0.1, -0.05) is 30.3 Å². The largest absolute Gasteiger partial charge is 0.229 e. The summed E-state index contributed by atoms with van der Waals surface area (Å²) in [6.45, 7) is 0. The van der Waals surface area contributed by atoms with Crippen LogP contribution in [0.2, 0.25) is 0 Å². The van der Waals surface area contributed by atoms with Crippen LogP contribution in [-0.4, -0.2) is 8.42 Å². The highest BCUT2D eigenvalue weighted by atomic mass is 32.2. The van der Waals surface area contributed by atoms with E-state index in [0.717, 1.165) is 0 Å². The Bertz CT molecular complexity index is 419. The molecule has 0 aliphatic heterocycles. The molecule has 13 heavy (non-hydrogen) atoms. The van der Waals surface area contributed by atoms with Crippen LogP contribution in [0.15, 0.2) is 30.3 Å². The van der Waals surface area contributed by atoms with E-state index in [0.29, 0.717) is 5.56 Å².